The van der Waals surface area contributed by atoms with Gasteiger partial charge in [-0.05, 0) is 43.9 Å². The van der Waals surface area contributed by atoms with Crippen molar-refractivity contribution in [2.75, 3.05) is 6.54 Å². The lowest BCUT2D eigenvalue weighted by Gasteiger charge is -2.31. The van der Waals surface area contributed by atoms with Crippen LogP contribution in [0.15, 0.2) is 18.3 Å². The van der Waals surface area contributed by atoms with E-state index in [1.54, 1.807) is 12.3 Å². The number of amides is 1. The highest BCUT2D eigenvalue weighted by molar-refractivity contribution is 5.93. The van der Waals surface area contributed by atoms with Crippen molar-refractivity contribution < 1.29 is 4.79 Å². The first kappa shape index (κ1) is 13.5. The number of hydrazine groups is 1. The summed E-state index contributed by atoms with van der Waals surface area (Å²) in [6.07, 6.45) is 8.42. The molecule has 1 aliphatic heterocycles. The molecule has 1 aliphatic carbocycles. The van der Waals surface area contributed by atoms with Crippen LogP contribution in [0.4, 0.5) is 0 Å². The van der Waals surface area contributed by atoms with Gasteiger partial charge < -0.3 is 0 Å². The second-order valence-electron chi connectivity index (χ2n) is 5.88. The number of carbonyl (C=O) groups excluding carboxylic acids is 1. The van der Waals surface area contributed by atoms with Crippen molar-refractivity contribution >= 4 is 5.91 Å². The van der Waals surface area contributed by atoms with Crippen LogP contribution >= 0.6 is 0 Å². The Balaban J connectivity index is 1.64. The molecule has 1 aromatic heterocycles. The molecule has 0 radical (unpaired) electrons. The molecule has 0 spiro atoms. The molecule has 2 unspecified atom stereocenters. The lowest BCUT2D eigenvalue weighted by molar-refractivity contribution is 0.0953. The van der Waals surface area contributed by atoms with E-state index in [0.717, 1.165) is 24.2 Å². The van der Waals surface area contributed by atoms with Crippen LogP contribution in [0.1, 0.15) is 48.2 Å². The molecule has 20 heavy (non-hydrogen) atoms. The molecule has 2 heterocycles. The number of fused-ring (bicyclic) bond motifs is 1. The van der Waals surface area contributed by atoms with Crippen molar-refractivity contribution in [1.29, 1.82) is 0 Å². The average molecular weight is 274 g/mol. The molecule has 0 bridgehead atoms. The molecule has 2 atom stereocenters. The fourth-order valence-corrected chi connectivity index (χ4v) is 3.64. The van der Waals surface area contributed by atoms with E-state index in [1.165, 1.54) is 38.6 Å². The average Bonchev–Trinajstić information content (AvgIpc) is 2.91. The van der Waals surface area contributed by atoms with Crippen molar-refractivity contribution in [2.24, 2.45) is 11.8 Å². The molecule has 5 nitrogen and oxygen atoms in total. The number of nitrogen functional groups attached to an aromatic ring is 1. The quantitative estimate of drug-likeness (QED) is 0.497. The number of carbonyl (C=O) groups is 1. The summed E-state index contributed by atoms with van der Waals surface area (Å²) in [6, 6.07) is 4.47. The summed E-state index contributed by atoms with van der Waals surface area (Å²) >= 11 is 0. The topological polar surface area (TPSA) is 71.2 Å². The standard InChI is InChI=1S/C15H22N4O/c16-18-15(20)12-5-6-13(17-9-12)10-19-8-7-11-3-1-2-4-14(11)19/h5-6,9,11,14H,1-4,7-8,10,16H2,(H,18,20). The Labute approximate surface area is 119 Å². The number of likely N-dealkylation sites (tertiary alicyclic amines) is 1. The molecule has 2 fully saturated rings. The van der Waals surface area contributed by atoms with Gasteiger partial charge in [-0.25, -0.2) is 5.84 Å². The van der Waals surface area contributed by atoms with Gasteiger partial charge in [-0.15, -0.1) is 0 Å². The van der Waals surface area contributed by atoms with E-state index < -0.39 is 0 Å². The van der Waals surface area contributed by atoms with Crippen LogP contribution < -0.4 is 11.3 Å². The van der Waals surface area contributed by atoms with Gasteiger partial charge in [-0.3, -0.25) is 20.1 Å². The molecule has 1 saturated carbocycles. The first-order valence-corrected chi connectivity index (χ1v) is 7.48. The van der Waals surface area contributed by atoms with E-state index >= 15 is 0 Å². The molecule has 1 aromatic rings. The van der Waals surface area contributed by atoms with Crippen molar-refractivity contribution in [3.63, 3.8) is 0 Å². The van der Waals surface area contributed by atoms with Crippen LogP contribution in [0, 0.1) is 5.92 Å². The van der Waals surface area contributed by atoms with E-state index in [2.05, 4.69) is 15.3 Å². The number of hydrogen-bond acceptors (Lipinski definition) is 4. The summed E-state index contributed by atoms with van der Waals surface area (Å²) in [5.41, 5.74) is 3.66. The number of aromatic nitrogens is 1. The molecule has 3 N–H and O–H groups in total. The van der Waals surface area contributed by atoms with E-state index in [1.807, 2.05) is 6.07 Å². The zero-order valence-corrected chi connectivity index (χ0v) is 11.7. The van der Waals surface area contributed by atoms with Gasteiger partial charge in [0.1, 0.15) is 0 Å². The van der Waals surface area contributed by atoms with Gasteiger partial charge in [-0.1, -0.05) is 12.8 Å². The van der Waals surface area contributed by atoms with Crippen LogP contribution in [0.25, 0.3) is 0 Å². The highest BCUT2D eigenvalue weighted by Gasteiger charge is 2.35. The predicted molar refractivity (Wildman–Crippen MR) is 76.7 cm³/mol. The van der Waals surface area contributed by atoms with Crippen molar-refractivity contribution in [3.05, 3.63) is 29.6 Å². The van der Waals surface area contributed by atoms with E-state index in [0.29, 0.717) is 5.56 Å². The molecule has 2 aliphatic rings. The Morgan fingerprint density at radius 3 is 2.95 bits per heavy atom. The van der Waals surface area contributed by atoms with Crippen LogP contribution in [-0.4, -0.2) is 28.4 Å². The third-order valence-corrected chi connectivity index (χ3v) is 4.71. The molecule has 108 valence electrons. The fourth-order valence-electron chi connectivity index (χ4n) is 3.64. The summed E-state index contributed by atoms with van der Waals surface area (Å²) in [5.74, 6) is 5.71. The van der Waals surface area contributed by atoms with E-state index in [-0.39, 0.29) is 5.91 Å². The molecular formula is C15H22N4O. The maximum Gasteiger partial charge on any atom is 0.266 e. The number of rotatable bonds is 3. The van der Waals surface area contributed by atoms with Gasteiger partial charge in [0, 0.05) is 18.8 Å². The Kier molecular flexibility index (Phi) is 3.98. The second-order valence-corrected chi connectivity index (χ2v) is 5.88. The van der Waals surface area contributed by atoms with Crippen molar-refractivity contribution in [2.45, 2.75) is 44.7 Å². The lowest BCUT2D eigenvalue weighted by atomic mass is 9.85. The van der Waals surface area contributed by atoms with Crippen molar-refractivity contribution in [3.8, 4) is 0 Å². The minimum atomic E-state index is -0.294. The van der Waals surface area contributed by atoms with Crippen LogP contribution in [0.3, 0.4) is 0 Å². The first-order chi connectivity index (χ1) is 9.78. The van der Waals surface area contributed by atoms with Gasteiger partial charge in [0.05, 0.1) is 11.3 Å². The molecule has 5 heteroatoms. The smallest absolute Gasteiger partial charge is 0.266 e. The van der Waals surface area contributed by atoms with Gasteiger partial charge >= 0.3 is 0 Å². The Bertz CT molecular complexity index is 473. The number of nitrogens with zero attached hydrogens (tertiary/aromatic N) is 2. The third kappa shape index (κ3) is 2.69. The minimum absolute atomic E-state index is 0.294. The van der Waals surface area contributed by atoms with Crippen LogP contribution in [-0.2, 0) is 6.54 Å². The fraction of sp³-hybridized carbons (Fsp3) is 0.600. The Morgan fingerprint density at radius 1 is 1.35 bits per heavy atom. The molecule has 1 saturated heterocycles. The Morgan fingerprint density at radius 2 is 2.20 bits per heavy atom. The number of nitrogens with one attached hydrogen (secondary N) is 1. The summed E-state index contributed by atoms with van der Waals surface area (Å²) in [7, 11) is 0. The largest absolute Gasteiger partial charge is 0.294 e. The van der Waals surface area contributed by atoms with Crippen LogP contribution in [0.5, 0.6) is 0 Å². The minimum Gasteiger partial charge on any atom is -0.294 e. The summed E-state index contributed by atoms with van der Waals surface area (Å²) in [5, 5.41) is 0. The second kappa shape index (κ2) is 5.89. The highest BCUT2D eigenvalue weighted by atomic mass is 16.2. The first-order valence-electron chi connectivity index (χ1n) is 7.48. The molecular weight excluding hydrogens is 252 g/mol. The zero-order valence-electron chi connectivity index (χ0n) is 11.7. The Hall–Kier alpha value is -1.46. The van der Waals surface area contributed by atoms with E-state index in [4.69, 9.17) is 5.84 Å². The third-order valence-electron chi connectivity index (χ3n) is 4.71. The molecule has 1 amide bonds. The number of nitrogens with two attached hydrogens (primary N) is 1. The SMILES string of the molecule is NNC(=O)c1ccc(CN2CCC3CCCCC32)nc1. The predicted octanol–water partition coefficient (Wildman–Crippen LogP) is 1.45. The van der Waals surface area contributed by atoms with Crippen LogP contribution in [0.2, 0.25) is 0 Å². The highest BCUT2D eigenvalue weighted by Crippen LogP contribution is 2.36. The summed E-state index contributed by atoms with van der Waals surface area (Å²) in [6.45, 7) is 2.08. The molecule has 3 rings (SSSR count). The number of hydrogen-bond donors (Lipinski definition) is 2. The lowest BCUT2D eigenvalue weighted by Crippen LogP contribution is -2.34. The van der Waals surface area contributed by atoms with E-state index in [9.17, 15) is 4.79 Å². The maximum absolute atomic E-state index is 11.4. The van der Waals surface area contributed by atoms with Gasteiger partial charge in [0.15, 0.2) is 0 Å². The van der Waals surface area contributed by atoms with Crippen molar-refractivity contribution in [1.82, 2.24) is 15.3 Å². The van der Waals surface area contributed by atoms with Gasteiger partial charge in [-0.2, -0.15) is 0 Å². The maximum atomic E-state index is 11.4. The zero-order chi connectivity index (χ0) is 13.9. The summed E-state index contributed by atoms with van der Waals surface area (Å²) in [4.78, 5) is 18.3. The molecule has 0 aromatic carbocycles. The summed E-state index contributed by atoms with van der Waals surface area (Å²) < 4.78 is 0. The van der Waals surface area contributed by atoms with Gasteiger partial charge in [0.2, 0.25) is 0 Å². The number of pyridine rings is 1. The monoisotopic (exact) mass is 274 g/mol. The van der Waals surface area contributed by atoms with Gasteiger partial charge in [0.25, 0.3) is 5.91 Å². The normalized spacial score (nSPS) is 26.2.